The van der Waals surface area contributed by atoms with E-state index in [-0.39, 0.29) is 10.8 Å². The van der Waals surface area contributed by atoms with Gasteiger partial charge in [-0.3, -0.25) is 14.4 Å². The van der Waals surface area contributed by atoms with Gasteiger partial charge in [-0.15, -0.1) is 0 Å². The Morgan fingerprint density at radius 3 is 2.71 bits per heavy atom. The lowest BCUT2D eigenvalue weighted by molar-refractivity contribution is -0.121. The number of furan rings is 1. The fraction of sp³-hybridized carbons (Fsp3) is 0.467. The van der Waals surface area contributed by atoms with E-state index < -0.39 is 16.1 Å². The Bertz CT molecular complexity index is 868. The normalized spacial score (nSPS) is 19.0. The number of amides is 1. The molecule has 8 nitrogen and oxygen atoms in total. The quantitative estimate of drug-likeness (QED) is 0.889. The first-order valence-corrected chi connectivity index (χ1v) is 9.16. The largest absolute Gasteiger partial charge is 0.465 e. The number of sulfonamides is 1. The van der Waals surface area contributed by atoms with Gasteiger partial charge in [0.05, 0.1) is 6.20 Å². The molecule has 1 fully saturated rings. The van der Waals surface area contributed by atoms with Gasteiger partial charge in [0.2, 0.25) is 15.9 Å². The molecule has 1 aliphatic rings. The van der Waals surface area contributed by atoms with Crippen molar-refractivity contribution in [1.82, 2.24) is 14.5 Å². The molecule has 2 aromatic rings. The van der Waals surface area contributed by atoms with Crippen LogP contribution in [0.25, 0.3) is 0 Å². The molecular formula is C15H20N4O4S. The number of nitrogens with one attached hydrogen (secondary N) is 1. The molecule has 2 aromatic heterocycles. The van der Waals surface area contributed by atoms with Crippen LogP contribution in [-0.4, -0.2) is 36.7 Å². The molecule has 1 atom stereocenters. The van der Waals surface area contributed by atoms with Gasteiger partial charge >= 0.3 is 0 Å². The van der Waals surface area contributed by atoms with E-state index in [9.17, 15) is 13.2 Å². The molecule has 0 unspecified atom stereocenters. The van der Waals surface area contributed by atoms with E-state index in [1.165, 1.54) is 6.07 Å². The van der Waals surface area contributed by atoms with Crippen LogP contribution in [0.1, 0.15) is 24.4 Å². The van der Waals surface area contributed by atoms with Crippen molar-refractivity contribution < 1.29 is 17.6 Å². The minimum atomic E-state index is -3.82. The highest BCUT2D eigenvalue weighted by Gasteiger charge is 2.35. The fourth-order valence-corrected chi connectivity index (χ4v) is 4.43. The zero-order valence-corrected chi connectivity index (χ0v) is 14.6. The number of piperidine rings is 1. The molecule has 24 heavy (non-hydrogen) atoms. The molecule has 0 aromatic carbocycles. The number of aryl methyl sites for hydroxylation is 3. The molecule has 0 saturated carbocycles. The highest BCUT2D eigenvalue weighted by molar-refractivity contribution is 7.89. The molecule has 0 spiro atoms. The number of anilines is 1. The van der Waals surface area contributed by atoms with Gasteiger partial charge in [0.15, 0.2) is 0 Å². The fourth-order valence-electron chi connectivity index (χ4n) is 2.97. The smallest absolute Gasteiger partial charge is 0.246 e. The average Bonchev–Trinajstić information content (AvgIpc) is 3.07. The molecule has 0 aliphatic carbocycles. The molecule has 0 bridgehead atoms. The molecule has 1 amide bonds. The number of rotatable bonds is 4. The molecule has 0 radical (unpaired) electrons. The summed E-state index contributed by atoms with van der Waals surface area (Å²) in [6.07, 6.45) is 2.77. The van der Waals surface area contributed by atoms with Gasteiger partial charge in [-0.2, -0.15) is 9.82 Å². The predicted octanol–water partition coefficient (Wildman–Crippen LogP) is 1.10. The summed E-state index contributed by atoms with van der Waals surface area (Å²) in [5, 5.41) is 4.06. The van der Waals surface area contributed by atoms with Gasteiger partial charge in [-0.1, -0.05) is 0 Å². The van der Waals surface area contributed by atoms with Gasteiger partial charge in [0, 0.05) is 19.7 Å². The van der Waals surface area contributed by atoms with Crippen molar-refractivity contribution >= 4 is 21.7 Å². The molecule has 9 heteroatoms. The van der Waals surface area contributed by atoms with Gasteiger partial charge in [-0.05, 0) is 32.8 Å². The van der Waals surface area contributed by atoms with E-state index in [4.69, 9.17) is 4.42 Å². The highest BCUT2D eigenvalue weighted by atomic mass is 32.2. The van der Waals surface area contributed by atoms with Crippen molar-refractivity contribution in [2.75, 3.05) is 11.4 Å². The Morgan fingerprint density at radius 1 is 1.38 bits per heavy atom. The van der Waals surface area contributed by atoms with Gasteiger partial charge in [-0.25, -0.2) is 8.42 Å². The second-order valence-electron chi connectivity index (χ2n) is 5.90. The SMILES string of the molecule is Cc1cc(S(=O)(=O)N[C@@H]2CCCN(c3ccnn3C)C2=O)c(C)o1. The van der Waals surface area contributed by atoms with Crippen LogP contribution in [0.2, 0.25) is 0 Å². The van der Waals surface area contributed by atoms with Crippen molar-refractivity contribution in [3.8, 4) is 0 Å². The lowest BCUT2D eigenvalue weighted by Crippen LogP contribution is -2.52. The number of carbonyl (C=O) groups is 1. The Hall–Kier alpha value is -2.13. The monoisotopic (exact) mass is 352 g/mol. The average molecular weight is 352 g/mol. The van der Waals surface area contributed by atoms with Crippen LogP contribution < -0.4 is 9.62 Å². The zero-order chi connectivity index (χ0) is 17.5. The van der Waals surface area contributed by atoms with E-state index in [2.05, 4.69) is 9.82 Å². The third-order valence-corrected chi connectivity index (χ3v) is 5.67. The third-order valence-electron chi connectivity index (χ3n) is 4.09. The van der Waals surface area contributed by atoms with Crippen LogP contribution in [0.4, 0.5) is 5.82 Å². The van der Waals surface area contributed by atoms with Crippen molar-refractivity contribution in [3.05, 3.63) is 29.9 Å². The minimum Gasteiger partial charge on any atom is -0.465 e. The summed E-state index contributed by atoms with van der Waals surface area (Å²) >= 11 is 0. The van der Waals surface area contributed by atoms with Crippen molar-refractivity contribution in [2.45, 2.75) is 37.6 Å². The van der Waals surface area contributed by atoms with Gasteiger partial charge in [0.25, 0.3) is 0 Å². The lowest BCUT2D eigenvalue weighted by atomic mass is 10.1. The van der Waals surface area contributed by atoms with Crippen molar-refractivity contribution in [2.24, 2.45) is 7.05 Å². The first-order valence-electron chi connectivity index (χ1n) is 7.68. The van der Waals surface area contributed by atoms with Crippen LogP contribution in [0, 0.1) is 13.8 Å². The summed E-state index contributed by atoms with van der Waals surface area (Å²) in [7, 11) is -2.07. The molecule has 3 rings (SSSR count). The van der Waals surface area contributed by atoms with Crippen LogP contribution in [-0.2, 0) is 21.9 Å². The van der Waals surface area contributed by atoms with E-state index in [0.717, 1.165) is 0 Å². The second-order valence-corrected chi connectivity index (χ2v) is 7.58. The van der Waals surface area contributed by atoms with Crippen molar-refractivity contribution in [1.29, 1.82) is 0 Å². The highest BCUT2D eigenvalue weighted by Crippen LogP contribution is 2.23. The van der Waals surface area contributed by atoms with Crippen LogP contribution in [0.15, 0.2) is 27.6 Å². The molecule has 1 aliphatic heterocycles. The molecule has 3 heterocycles. The van der Waals surface area contributed by atoms with Crippen LogP contribution >= 0.6 is 0 Å². The Kier molecular flexibility index (Phi) is 4.22. The predicted molar refractivity (Wildman–Crippen MR) is 87.1 cm³/mol. The first-order chi connectivity index (χ1) is 11.3. The topological polar surface area (TPSA) is 97.4 Å². The van der Waals surface area contributed by atoms with E-state index >= 15 is 0 Å². The number of hydrogen-bond donors (Lipinski definition) is 1. The maximum Gasteiger partial charge on any atom is 0.246 e. The lowest BCUT2D eigenvalue weighted by Gasteiger charge is -2.32. The summed E-state index contributed by atoms with van der Waals surface area (Å²) in [6, 6.07) is 2.40. The van der Waals surface area contributed by atoms with E-state index in [1.807, 2.05) is 0 Å². The molecule has 1 saturated heterocycles. The summed E-state index contributed by atoms with van der Waals surface area (Å²) in [5.74, 6) is 1.21. The Morgan fingerprint density at radius 2 is 2.12 bits per heavy atom. The summed E-state index contributed by atoms with van der Waals surface area (Å²) in [6.45, 7) is 3.81. The second kappa shape index (κ2) is 6.06. The Balaban J connectivity index is 1.83. The number of hydrogen-bond acceptors (Lipinski definition) is 5. The molecule has 1 N–H and O–H groups in total. The number of aromatic nitrogens is 2. The maximum atomic E-state index is 12.7. The van der Waals surface area contributed by atoms with Gasteiger partial charge in [0.1, 0.15) is 28.3 Å². The zero-order valence-electron chi connectivity index (χ0n) is 13.8. The van der Waals surface area contributed by atoms with Crippen LogP contribution in [0.5, 0.6) is 0 Å². The maximum absolute atomic E-state index is 12.7. The molecular weight excluding hydrogens is 332 g/mol. The van der Waals surface area contributed by atoms with Crippen molar-refractivity contribution in [3.63, 3.8) is 0 Å². The summed E-state index contributed by atoms with van der Waals surface area (Å²) < 4.78 is 34.6. The standard InChI is InChI=1S/C15H20N4O4S/c1-10-9-13(11(2)23-10)24(21,22)17-12-5-4-8-19(15(12)20)14-6-7-16-18(14)3/h6-7,9,12,17H,4-5,8H2,1-3H3/t12-/m1/s1. The molecule has 130 valence electrons. The van der Waals surface area contributed by atoms with E-state index in [1.54, 1.807) is 42.7 Å². The number of nitrogens with zero attached hydrogens (tertiary/aromatic N) is 3. The van der Waals surface area contributed by atoms with E-state index in [0.29, 0.717) is 36.7 Å². The number of carbonyl (C=O) groups excluding carboxylic acids is 1. The van der Waals surface area contributed by atoms with Gasteiger partial charge < -0.3 is 4.42 Å². The first kappa shape index (κ1) is 16.7. The summed E-state index contributed by atoms with van der Waals surface area (Å²) in [5.41, 5.74) is 0. The van der Waals surface area contributed by atoms with Crippen LogP contribution in [0.3, 0.4) is 0 Å². The minimum absolute atomic E-state index is 0.0745. The summed E-state index contributed by atoms with van der Waals surface area (Å²) in [4.78, 5) is 14.4. The third kappa shape index (κ3) is 2.96. The Labute approximate surface area is 140 Å².